The quantitative estimate of drug-likeness (QED) is 0.732. The van der Waals surface area contributed by atoms with Gasteiger partial charge in [-0.1, -0.05) is 0 Å². The van der Waals surface area contributed by atoms with Gasteiger partial charge in [-0.2, -0.15) is 5.10 Å². The van der Waals surface area contributed by atoms with Crippen molar-refractivity contribution in [2.45, 2.75) is 27.3 Å². The van der Waals surface area contributed by atoms with Gasteiger partial charge >= 0.3 is 5.97 Å². The maximum absolute atomic E-state index is 11.4. The Hall–Kier alpha value is -1.85. The molecule has 0 saturated heterocycles. The molecule has 0 aliphatic heterocycles. The molecule has 0 saturated carbocycles. The van der Waals surface area contributed by atoms with Crippen LogP contribution >= 0.6 is 0 Å². The summed E-state index contributed by atoms with van der Waals surface area (Å²) < 4.78 is 4.84. The fourth-order valence-corrected chi connectivity index (χ4v) is 1.22. The van der Waals surface area contributed by atoms with Crippen LogP contribution in [-0.2, 0) is 16.1 Å². The number of H-pyrrole nitrogens is 1. The predicted molar refractivity (Wildman–Crippen MR) is 56.8 cm³/mol. The topological polar surface area (TPSA) is 84.1 Å². The van der Waals surface area contributed by atoms with Crippen LogP contribution in [0, 0.1) is 6.92 Å². The third-order valence-electron chi connectivity index (χ3n) is 2.09. The summed E-state index contributed by atoms with van der Waals surface area (Å²) in [5, 5.41) is 9.19. The second kappa shape index (κ2) is 5.29. The van der Waals surface area contributed by atoms with Gasteiger partial charge in [0.25, 0.3) is 0 Å². The number of carbonyl (C=O) groups excluding carboxylic acids is 2. The minimum absolute atomic E-state index is 0.133. The number of hydrogen-bond donors (Lipinski definition) is 2. The first kappa shape index (κ1) is 12.2. The molecule has 6 heteroatoms. The summed E-state index contributed by atoms with van der Waals surface area (Å²) in [6.07, 6.45) is 0. The predicted octanol–water partition coefficient (Wildman–Crippen LogP) is 0.531. The van der Waals surface area contributed by atoms with E-state index in [1.54, 1.807) is 13.8 Å². The number of nitrogens with zero attached hydrogens (tertiary/aromatic N) is 1. The van der Waals surface area contributed by atoms with Gasteiger partial charge in [0, 0.05) is 12.5 Å². The highest BCUT2D eigenvalue weighted by Crippen LogP contribution is 2.10. The first-order valence-electron chi connectivity index (χ1n) is 5.01. The lowest BCUT2D eigenvalue weighted by Gasteiger charge is -2.01. The number of ether oxygens (including phenoxy) is 1. The summed E-state index contributed by atoms with van der Waals surface area (Å²) in [6.45, 7) is 5.56. The number of rotatable bonds is 4. The van der Waals surface area contributed by atoms with Crippen LogP contribution < -0.4 is 5.32 Å². The van der Waals surface area contributed by atoms with Gasteiger partial charge in [0.15, 0.2) is 5.69 Å². The van der Waals surface area contributed by atoms with Gasteiger partial charge in [-0.3, -0.25) is 9.89 Å². The van der Waals surface area contributed by atoms with Crippen LogP contribution in [0.5, 0.6) is 0 Å². The van der Waals surface area contributed by atoms with Gasteiger partial charge in [-0.25, -0.2) is 4.79 Å². The minimum atomic E-state index is -0.453. The Morgan fingerprint density at radius 1 is 1.50 bits per heavy atom. The van der Waals surface area contributed by atoms with E-state index in [0.717, 1.165) is 0 Å². The molecule has 1 amide bonds. The Labute approximate surface area is 93.4 Å². The van der Waals surface area contributed by atoms with Crippen molar-refractivity contribution in [2.75, 3.05) is 6.61 Å². The normalized spacial score (nSPS) is 9.94. The molecule has 6 nitrogen and oxygen atoms in total. The molecule has 0 bridgehead atoms. The number of esters is 1. The van der Waals surface area contributed by atoms with Gasteiger partial charge in [0.2, 0.25) is 5.91 Å². The third-order valence-corrected chi connectivity index (χ3v) is 2.09. The molecule has 0 aromatic carbocycles. The summed E-state index contributed by atoms with van der Waals surface area (Å²) in [5.74, 6) is -0.586. The average Bonchev–Trinajstić information content (AvgIpc) is 2.57. The summed E-state index contributed by atoms with van der Waals surface area (Å²) in [7, 11) is 0. The zero-order valence-electron chi connectivity index (χ0n) is 9.59. The van der Waals surface area contributed by atoms with Crippen molar-refractivity contribution in [1.29, 1.82) is 0 Å². The number of nitrogens with one attached hydrogen (secondary N) is 2. The fourth-order valence-electron chi connectivity index (χ4n) is 1.22. The monoisotopic (exact) mass is 225 g/mol. The number of carbonyl (C=O) groups is 2. The summed E-state index contributed by atoms with van der Waals surface area (Å²) in [6, 6.07) is 0. The zero-order chi connectivity index (χ0) is 12.1. The van der Waals surface area contributed by atoms with Gasteiger partial charge in [-0.15, -0.1) is 0 Å². The summed E-state index contributed by atoms with van der Waals surface area (Å²) >= 11 is 0. The molecular weight excluding hydrogens is 210 g/mol. The highest BCUT2D eigenvalue weighted by Gasteiger charge is 2.16. The van der Waals surface area contributed by atoms with E-state index in [2.05, 4.69) is 15.5 Å². The molecule has 0 radical (unpaired) electrons. The maximum atomic E-state index is 11.4. The Morgan fingerprint density at radius 3 is 2.75 bits per heavy atom. The van der Waals surface area contributed by atoms with Gasteiger partial charge < -0.3 is 10.1 Å². The second-order valence-electron chi connectivity index (χ2n) is 3.31. The molecule has 0 fully saturated rings. The largest absolute Gasteiger partial charge is 0.461 e. The molecule has 0 spiro atoms. The fraction of sp³-hybridized carbons (Fsp3) is 0.500. The van der Waals surface area contributed by atoms with E-state index in [-0.39, 0.29) is 11.6 Å². The Bertz CT molecular complexity index is 398. The van der Waals surface area contributed by atoms with Gasteiger partial charge in [0.1, 0.15) is 0 Å². The standard InChI is InChI=1S/C10H15N3O3/c1-4-16-10(15)9-6(2)8(12-13-9)5-11-7(3)14/h4-5H2,1-3H3,(H,11,14)(H,12,13). The van der Waals surface area contributed by atoms with Crippen LogP contribution in [0.3, 0.4) is 0 Å². The Balaban J connectivity index is 2.75. The molecule has 2 N–H and O–H groups in total. The highest BCUT2D eigenvalue weighted by atomic mass is 16.5. The first-order valence-corrected chi connectivity index (χ1v) is 5.01. The Kier molecular flexibility index (Phi) is 4.04. The molecule has 0 aliphatic rings. The van der Waals surface area contributed by atoms with E-state index in [1.165, 1.54) is 6.92 Å². The van der Waals surface area contributed by atoms with Crippen LogP contribution in [0.4, 0.5) is 0 Å². The van der Waals surface area contributed by atoms with Crippen molar-refractivity contribution in [3.8, 4) is 0 Å². The number of aromatic amines is 1. The minimum Gasteiger partial charge on any atom is -0.461 e. The third kappa shape index (κ3) is 2.82. The molecule has 0 atom stereocenters. The zero-order valence-corrected chi connectivity index (χ0v) is 9.59. The molecule has 1 aromatic rings. The molecule has 1 aromatic heterocycles. The SMILES string of the molecule is CCOC(=O)c1n[nH]c(CNC(C)=O)c1C. The van der Waals surface area contributed by atoms with Gasteiger partial charge in [-0.05, 0) is 13.8 Å². The van der Waals surface area contributed by atoms with Crippen molar-refractivity contribution in [1.82, 2.24) is 15.5 Å². The van der Waals surface area contributed by atoms with E-state index in [9.17, 15) is 9.59 Å². The molecule has 0 aliphatic carbocycles. The van der Waals surface area contributed by atoms with Crippen molar-refractivity contribution in [2.24, 2.45) is 0 Å². The summed E-state index contributed by atoms with van der Waals surface area (Å²) in [5.41, 5.74) is 1.67. The maximum Gasteiger partial charge on any atom is 0.359 e. The van der Waals surface area contributed by atoms with E-state index in [4.69, 9.17) is 4.74 Å². The Morgan fingerprint density at radius 2 is 2.19 bits per heavy atom. The van der Waals surface area contributed by atoms with Crippen LogP contribution in [0.15, 0.2) is 0 Å². The number of amides is 1. The van der Waals surface area contributed by atoms with Crippen LogP contribution in [0.25, 0.3) is 0 Å². The summed E-state index contributed by atoms with van der Waals surface area (Å²) in [4.78, 5) is 22.2. The van der Waals surface area contributed by atoms with E-state index in [1.807, 2.05) is 0 Å². The average molecular weight is 225 g/mol. The molecular formula is C10H15N3O3. The lowest BCUT2D eigenvalue weighted by molar-refractivity contribution is -0.119. The lowest BCUT2D eigenvalue weighted by atomic mass is 10.2. The molecule has 1 heterocycles. The molecule has 16 heavy (non-hydrogen) atoms. The van der Waals surface area contributed by atoms with Crippen molar-refractivity contribution in [3.63, 3.8) is 0 Å². The van der Waals surface area contributed by atoms with Gasteiger partial charge in [0.05, 0.1) is 18.8 Å². The van der Waals surface area contributed by atoms with Crippen molar-refractivity contribution < 1.29 is 14.3 Å². The van der Waals surface area contributed by atoms with E-state index in [0.29, 0.717) is 24.4 Å². The molecule has 1 rings (SSSR count). The number of hydrogen-bond acceptors (Lipinski definition) is 4. The van der Waals surface area contributed by atoms with Crippen LogP contribution in [0.1, 0.15) is 35.6 Å². The number of aromatic nitrogens is 2. The van der Waals surface area contributed by atoms with Crippen LogP contribution in [-0.4, -0.2) is 28.7 Å². The molecule has 0 unspecified atom stereocenters. The van der Waals surface area contributed by atoms with E-state index >= 15 is 0 Å². The molecule has 88 valence electrons. The van der Waals surface area contributed by atoms with Crippen molar-refractivity contribution in [3.05, 3.63) is 17.0 Å². The van der Waals surface area contributed by atoms with Crippen molar-refractivity contribution >= 4 is 11.9 Å². The first-order chi connectivity index (χ1) is 7.56. The second-order valence-corrected chi connectivity index (χ2v) is 3.31. The van der Waals surface area contributed by atoms with E-state index < -0.39 is 5.97 Å². The smallest absolute Gasteiger partial charge is 0.359 e. The highest BCUT2D eigenvalue weighted by molar-refractivity contribution is 5.89. The lowest BCUT2D eigenvalue weighted by Crippen LogP contribution is -2.19. The van der Waals surface area contributed by atoms with Crippen LogP contribution in [0.2, 0.25) is 0 Å².